The molecule has 3 nitrogen and oxygen atoms in total. The number of nitrogens with zero attached hydrogens (tertiary/aromatic N) is 2. The Morgan fingerprint density at radius 1 is 0.774 bits per heavy atom. The van der Waals surface area contributed by atoms with Crippen LogP contribution in [0.5, 0.6) is 5.75 Å². The Labute approximate surface area is 190 Å². The van der Waals surface area contributed by atoms with E-state index in [9.17, 15) is 0 Å². The van der Waals surface area contributed by atoms with E-state index in [0.717, 1.165) is 47.6 Å². The quantitative estimate of drug-likeness (QED) is 0.306. The van der Waals surface area contributed by atoms with E-state index in [1.54, 1.807) is 0 Å². The van der Waals surface area contributed by atoms with Crippen LogP contribution in [0, 0.1) is 11.8 Å². The molecule has 1 saturated carbocycles. The monoisotopic (exact) mass is 422 g/mol. The fraction of sp³-hybridized carbons (Fsp3) is 0.643. The first kappa shape index (κ1) is 23.8. The summed E-state index contributed by atoms with van der Waals surface area (Å²) < 4.78 is 6.11. The van der Waals surface area contributed by atoms with Crippen molar-refractivity contribution in [3.8, 4) is 17.0 Å². The van der Waals surface area contributed by atoms with Crippen LogP contribution in [0.2, 0.25) is 0 Å². The third kappa shape index (κ3) is 8.27. The summed E-state index contributed by atoms with van der Waals surface area (Å²) in [6.07, 6.45) is 20.9. The lowest BCUT2D eigenvalue weighted by Gasteiger charge is -2.28. The van der Waals surface area contributed by atoms with Crippen molar-refractivity contribution in [3.05, 3.63) is 42.4 Å². The van der Waals surface area contributed by atoms with Crippen molar-refractivity contribution in [1.29, 1.82) is 0 Å². The lowest BCUT2D eigenvalue weighted by Crippen LogP contribution is -2.20. The lowest BCUT2D eigenvalue weighted by atomic mass is 9.80. The number of rotatable bonds is 13. The average molecular weight is 423 g/mol. The van der Waals surface area contributed by atoms with Crippen LogP contribution in [0.1, 0.15) is 96.6 Å². The van der Waals surface area contributed by atoms with Crippen molar-refractivity contribution in [1.82, 2.24) is 9.97 Å². The van der Waals surface area contributed by atoms with Gasteiger partial charge in [0, 0.05) is 11.8 Å². The Morgan fingerprint density at radius 2 is 1.48 bits per heavy atom. The number of benzene rings is 1. The van der Waals surface area contributed by atoms with E-state index in [0.29, 0.717) is 0 Å². The molecule has 1 aromatic carbocycles. The molecule has 0 aliphatic heterocycles. The summed E-state index contributed by atoms with van der Waals surface area (Å²) in [5, 5.41) is 0. The summed E-state index contributed by atoms with van der Waals surface area (Å²) in [7, 11) is 0. The molecule has 1 aromatic heterocycles. The predicted molar refractivity (Wildman–Crippen MR) is 130 cm³/mol. The van der Waals surface area contributed by atoms with Crippen LogP contribution in [-0.2, 0) is 6.42 Å². The SMILES string of the molecule is CCCCCCCc1cnc(-c2ccc(OC[C@H]3CC[C@H](CCCC)CC3)cc2)cn1. The van der Waals surface area contributed by atoms with Crippen molar-refractivity contribution in [2.24, 2.45) is 11.8 Å². The molecule has 0 N–H and O–H groups in total. The minimum Gasteiger partial charge on any atom is -0.493 e. The fourth-order valence-corrected chi connectivity index (χ4v) is 4.66. The second kappa shape index (κ2) is 13.5. The van der Waals surface area contributed by atoms with Crippen LogP contribution in [0.25, 0.3) is 11.3 Å². The zero-order valence-electron chi connectivity index (χ0n) is 19.8. The Kier molecular flexibility index (Phi) is 10.3. The molecule has 170 valence electrons. The summed E-state index contributed by atoms with van der Waals surface area (Å²) in [4.78, 5) is 9.26. The molecule has 31 heavy (non-hydrogen) atoms. The molecular weight excluding hydrogens is 380 g/mol. The highest BCUT2D eigenvalue weighted by Crippen LogP contribution is 2.32. The predicted octanol–water partition coefficient (Wildman–Crippen LogP) is 8.03. The number of ether oxygens (including phenoxy) is 1. The molecule has 0 saturated heterocycles. The molecule has 0 amide bonds. The number of aryl methyl sites for hydroxylation is 1. The minimum absolute atomic E-state index is 0.720. The zero-order valence-corrected chi connectivity index (χ0v) is 19.8. The van der Waals surface area contributed by atoms with Gasteiger partial charge in [-0.05, 0) is 61.8 Å². The topological polar surface area (TPSA) is 35.0 Å². The van der Waals surface area contributed by atoms with Crippen molar-refractivity contribution in [3.63, 3.8) is 0 Å². The second-order valence-electron chi connectivity index (χ2n) is 9.42. The smallest absolute Gasteiger partial charge is 0.119 e. The molecule has 1 aliphatic rings. The second-order valence-corrected chi connectivity index (χ2v) is 9.42. The van der Waals surface area contributed by atoms with Crippen LogP contribution < -0.4 is 4.74 Å². The molecule has 2 aromatic rings. The first-order valence-electron chi connectivity index (χ1n) is 12.8. The van der Waals surface area contributed by atoms with Gasteiger partial charge in [0.25, 0.3) is 0 Å². The van der Waals surface area contributed by atoms with Gasteiger partial charge < -0.3 is 4.74 Å². The molecule has 0 radical (unpaired) electrons. The molecule has 3 heteroatoms. The van der Waals surface area contributed by atoms with Gasteiger partial charge in [0.1, 0.15) is 5.75 Å². The highest BCUT2D eigenvalue weighted by Gasteiger charge is 2.21. The van der Waals surface area contributed by atoms with Crippen molar-refractivity contribution in [2.75, 3.05) is 6.61 Å². The van der Waals surface area contributed by atoms with E-state index in [1.165, 1.54) is 77.0 Å². The van der Waals surface area contributed by atoms with Crippen LogP contribution in [-0.4, -0.2) is 16.6 Å². The van der Waals surface area contributed by atoms with Crippen LogP contribution in [0.15, 0.2) is 36.7 Å². The molecule has 0 bridgehead atoms. The van der Waals surface area contributed by atoms with Crippen molar-refractivity contribution < 1.29 is 4.74 Å². The number of hydrogen-bond acceptors (Lipinski definition) is 3. The average Bonchev–Trinajstić information content (AvgIpc) is 2.83. The van der Waals surface area contributed by atoms with E-state index >= 15 is 0 Å². The maximum absolute atomic E-state index is 6.11. The van der Waals surface area contributed by atoms with E-state index in [4.69, 9.17) is 4.74 Å². The molecule has 0 spiro atoms. The fourth-order valence-electron chi connectivity index (χ4n) is 4.66. The third-order valence-corrected chi connectivity index (χ3v) is 6.81. The number of unbranched alkanes of at least 4 members (excludes halogenated alkanes) is 5. The Morgan fingerprint density at radius 3 is 2.16 bits per heavy atom. The first-order chi connectivity index (χ1) is 15.3. The van der Waals surface area contributed by atoms with Gasteiger partial charge in [-0.25, -0.2) is 0 Å². The molecule has 3 rings (SSSR count). The normalized spacial score (nSPS) is 18.8. The van der Waals surface area contributed by atoms with E-state index in [2.05, 4.69) is 48.1 Å². The van der Waals surface area contributed by atoms with Crippen LogP contribution >= 0.6 is 0 Å². The summed E-state index contributed by atoms with van der Waals surface area (Å²) in [5.74, 6) is 2.65. The molecule has 1 aliphatic carbocycles. The van der Waals surface area contributed by atoms with E-state index in [-0.39, 0.29) is 0 Å². The maximum atomic E-state index is 6.11. The van der Waals surface area contributed by atoms with Gasteiger partial charge >= 0.3 is 0 Å². The van der Waals surface area contributed by atoms with Gasteiger partial charge in [-0.15, -0.1) is 0 Å². The molecule has 0 atom stereocenters. The standard InChI is InChI=1S/C28H42N2O/c1-3-5-7-8-9-11-26-20-30-28(21-29-26)25-16-18-27(19-17-25)31-22-24-14-12-23(13-15-24)10-6-4-2/h16-21,23-24H,3-15,22H2,1-2H3/t23-,24-. The molecule has 1 fully saturated rings. The van der Waals surface area contributed by atoms with E-state index < -0.39 is 0 Å². The van der Waals surface area contributed by atoms with Gasteiger partial charge in [-0.3, -0.25) is 9.97 Å². The molecule has 0 unspecified atom stereocenters. The number of aromatic nitrogens is 2. The maximum Gasteiger partial charge on any atom is 0.119 e. The van der Waals surface area contributed by atoms with Crippen molar-refractivity contribution >= 4 is 0 Å². The zero-order chi connectivity index (χ0) is 21.7. The number of hydrogen-bond donors (Lipinski definition) is 0. The van der Waals surface area contributed by atoms with Gasteiger partial charge in [0.2, 0.25) is 0 Å². The molecule has 1 heterocycles. The van der Waals surface area contributed by atoms with Crippen LogP contribution in [0.3, 0.4) is 0 Å². The highest BCUT2D eigenvalue weighted by atomic mass is 16.5. The summed E-state index contributed by atoms with van der Waals surface area (Å²) >= 11 is 0. The first-order valence-corrected chi connectivity index (χ1v) is 12.8. The lowest BCUT2D eigenvalue weighted by molar-refractivity contribution is 0.178. The Hall–Kier alpha value is -1.90. The van der Waals surface area contributed by atoms with Crippen LogP contribution in [0.4, 0.5) is 0 Å². The van der Waals surface area contributed by atoms with Crippen molar-refractivity contribution in [2.45, 2.75) is 97.3 Å². The summed E-state index contributed by atoms with van der Waals surface area (Å²) in [6.45, 7) is 5.40. The molecular formula is C28H42N2O. The van der Waals surface area contributed by atoms with E-state index in [1.807, 2.05) is 12.4 Å². The third-order valence-electron chi connectivity index (χ3n) is 6.81. The minimum atomic E-state index is 0.720. The largest absolute Gasteiger partial charge is 0.493 e. The van der Waals surface area contributed by atoms with Gasteiger partial charge in [0.15, 0.2) is 0 Å². The summed E-state index contributed by atoms with van der Waals surface area (Å²) in [6, 6.07) is 8.36. The highest BCUT2D eigenvalue weighted by molar-refractivity contribution is 5.58. The Bertz CT molecular complexity index is 718. The van der Waals surface area contributed by atoms with Gasteiger partial charge in [0.05, 0.1) is 24.2 Å². The summed E-state index contributed by atoms with van der Waals surface area (Å²) in [5.41, 5.74) is 3.14. The Balaban J connectivity index is 1.40. The van der Waals surface area contributed by atoms with Gasteiger partial charge in [-0.2, -0.15) is 0 Å². The van der Waals surface area contributed by atoms with Gasteiger partial charge in [-0.1, -0.05) is 71.6 Å².